The van der Waals surface area contributed by atoms with Crippen molar-refractivity contribution in [2.75, 3.05) is 11.9 Å². The van der Waals surface area contributed by atoms with E-state index in [0.717, 1.165) is 38.9 Å². The normalized spacial score (nSPS) is 16.4. The molecule has 1 amide bonds. The van der Waals surface area contributed by atoms with Gasteiger partial charge in [0.2, 0.25) is 21.8 Å². The van der Waals surface area contributed by atoms with Crippen molar-refractivity contribution in [3.63, 3.8) is 0 Å². The summed E-state index contributed by atoms with van der Waals surface area (Å²) in [6.45, 7) is 8.80. The zero-order valence-electron chi connectivity index (χ0n) is 26.0. The highest BCUT2D eigenvalue weighted by Crippen LogP contribution is 2.34. The zero-order chi connectivity index (χ0) is 32.4. The minimum atomic E-state index is -3.91. The summed E-state index contributed by atoms with van der Waals surface area (Å²) in [6, 6.07) is 16.2. The van der Waals surface area contributed by atoms with Gasteiger partial charge in [0.15, 0.2) is 5.82 Å². The van der Waals surface area contributed by atoms with Crippen molar-refractivity contribution in [2.45, 2.75) is 58.2 Å². The number of pyridine rings is 1. The van der Waals surface area contributed by atoms with E-state index in [2.05, 4.69) is 30.8 Å². The molecule has 0 bridgehead atoms. The van der Waals surface area contributed by atoms with Crippen molar-refractivity contribution in [3.8, 4) is 5.88 Å². The first-order chi connectivity index (χ1) is 22.2. The van der Waals surface area contributed by atoms with Crippen LogP contribution >= 0.6 is 0 Å². The minimum absolute atomic E-state index is 0.0464. The lowest BCUT2D eigenvalue weighted by Gasteiger charge is -2.23. The van der Waals surface area contributed by atoms with Crippen molar-refractivity contribution >= 4 is 38.4 Å². The molecule has 2 aromatic carbocycles. The van der Waals surface area contributed by atoms with Gasteiger partial charge in [0.1, 0.15) is 16.5 Å². The minimum Gasteiger partial charge on any atom is -0.472 e. The SMILES string of the molecule is CC[C@@H]1CN(Cc2cc(C(=CC(=O)Nc3cccnn3)c3ccc4c(nnn4CC)c3C)ccc2C)S(=O)(=O)c2cccnc2O1. The Labute approximate surface area is 267 Å². The monoisotopic (exact) mass is 638 g/mol. The number of anilines is 1. The number of aryl methyl sites for hydroxylation is 3. The molecule has 1 aliphatic rings. The highest BCUT2D eigenvalue weighted by atomic mass is 32.2. The van der Waals surface area contributed by atoms with Gasteiger partial charge in [-0.25, -0.2) is 18.1 Å². The van der Waals surface area contributed by atoms with Crippen molar-refractivity contribution in [3.05, 3.63) is 101 Å². The van der Waals surface area contributed by atoms with E-state index >= 15 is 0 Å². The number of amides is 1. The summed E-state index contributed by atoms with van der Waals surface area (Å²) in [4.78, 5) is 17.6. The van der Waals surface area contributed by atoms with Gasteiger partial charge in [-0.15, -0.1) is 10.2 Å². The van der Waals surface area contributed by atoms with Crippen molar-refractivity contribution in [1.82, 2.24) is 34.5 Å². The van der Waals surface area contributed by atoms with E-state index in [4.69, 9.17) is 4.74 Å². The molecular formula is C33H34N8O4S. The van der Waals surface area contributed by atoms with Crippen molar-refractivity contribution in [1.29, 1.82) is 0 Å². The fourth-order valence-corrected chi connectivity index (χ4v) is 7.07. The molecule has 12 nitrogen and oxygen atoms in total. The molecule has 236 valence electrons. The summed E-state index contributed by atoms with van der Waals surface area (Å²) in [6.07, 6.45) is 4.83. The van der Waals surface area contributed by atoms with E-state index in [0.29, 0.717) is 24.4 Å². The second-order valence-electron chi connectivity index (χ2n) is 11.1. The lowest BCUT2D eigenvalue weighted by Crippen LogP contribution is -2.36. The Bertz CT molecular complexity index is 2060. The molecule has 0 radical (unpaired) electrons. The van der Waals surface area contributed by atoms with Gasteiger partial charge in [0.05, 0.1) is 12.1 Å². The van der Waals surface area contributed by atoms with E-state index in [1.54, 1.807) is 18.2 Å². The van der Waals surface area contributed by atoms with Gasteiger partial charge in [-0.2, -0.15) is 9.40 Å². The smallest absolute Gasteiger partial charge is 0.250 e. The molecule has 3 aromatic heterocycles. The van der Waals surface area contributed by atoms with Crippen LogP contribution in [-0.2, 0) is 27.9 Å². The second kappa shape index (κ2) is 12.8. The summed E-state index contributed by atoms with van der Waals surface area (Å²) < 4.78 is 37.0. The molecule has 0 aliphatic carbocycles. The molecular weight excluding hydrogens is 604 g/mol. The lowest BCUT2D eigenvalue weighted by atomic mass is 9.91. The van der Waals surface area contributed by atoms with Gasteiger partial charge in [-0.1, -0.05) is 30.3 Å². The molecule has 0 fully saturated rings. The van der Waals surface area contributed by atoms with E-state index in [-0.39, 0.29) is 30.0 Å². The average Bonchev–Trinajstić information content (AvgIpc) is 3.45. The van der Waals surface area contributed by atoms with Crippen LogP contribution in [0.3, 0.4) is 0 Å². The van der Waals surface area contributed by atoms with Gasteiger partial charge < -0.3 is 10.1 Å². The van der Waals surface area contributed by atoms with Crippen LogP contribution in [-0.4, -0.2) is 61.5 Å². The molecule has 46 heavy (non-hydrogen) atoms. The van der Waals surface area contributed by atoms with Gasteiger partial charge in [-0.05, 0) is 97.0 Å². The number of carbonyl (C=O) groups is 1. The Morgan fingerprint density at radius 2 is 1.89 bits per heavy atom. The molecule has 1 N–H and O–H groups in total. The van der Waals surface area contributed by atoms with Crippen molar-refractivity contribution < 1.29 is 17.9 Å². The summed E-state index contributed by atoms with van der Waals surface area (Å²) in [5, 5.41) is 19.3. The third kappa shape index (κ3) is 5.98. The number of ether oxygens (including phenoxy) is 1. The molecule has 13 heteroatoms. The molecule has 1 aliphatic heterocycles. The number of carbonyl (C=O) groups excluding carboxylic acids is 1. The molecule has 0 saturated carbocycles. The van der Waals surface area contributed by atoms with Crippen LogP contribution in [0.5, 0.6) is 5.88 Å². The predicted molar refractivity (Wildman–Crippen MR) is 173 cm³/mol. The van der Waals surface area contributed by atoms with Crippen LogP contribution in [0.2, 0.25) is 0 Å². The fourth-order valence-electron chi connectivity index (χ4n) is 5.55. The first-order valence-corrected chi connectivity index (χ1v) is 16.5. The number of nitrogens with one attached hydrogen (secondary N) is 1. The number of aromatic nitrogens is 6. The van der Waals surface area contributed by atoms with E-state index in [9.17, 15) is 13.2 Å². The second-order valence-corrected chi connectivity index (χ2v) is 13.0. The molecule has 0 spiro atoms. The molecule has 1 atom stereocenters. The summed E-state index contributed by atoms with van der Waals surface area (Å²) in [7, 11) is -3.91. The first-order valence-electron chi connectivity index (χ1n) is 15.0. The highest BCUT2D eigenvalue weighted by molar-refractivity contribution is 7.89. The number of hydrogen-bond acceptors (Lipinski definition) is 9. The molecule has 4 heterocycles. The Balaban J connectivity index is 1.44. The maximum atomic E-state index is 13.9. The molecule has 5 aromatic rings. The van der Waals surface area contributed by atoms with Gasteiger partial charge in [0.25, 0.3) is 0 Å². The van der Waals surface area contributed by atoms with E-state index < -0.39 is 15.9 Å². The van der Waals surface area contributed by atoms with Crippen LogP contribution in [0.4, 0.5) is 5.82 Å². The number of benzene rings is 2. The topological polar surface area (TPSA) is 145 Å². The van der Waals surface area contributed by atoms with Gasteiger partial charge in [-0.3, -0.25) is 4.79 Å². The Hall–Kier alpha value is -5.01. The van der Waals surface area contributed by atoms with Gasteiger partial charge >= 0.3 is 0 Å². The van der Waals surface area contributed by atoms with Crippen LogP contribution in [0.15, 0.2) is 78.0 Å². The quantitative estimate of drug-likeness (QED) is 0.239. The Morgan fingerprint density at radius 1 is 1.07 bits per heavy atom. The summed E-state index contributed by atoms with van der Waals surface area (Å²) >= 11 is 0. The number of hydrogen-bond donors (Lipinski definition) is 1. The number of sulfonamides is 1. The maximum absolute atomic E-state index is 13.9. The number of nitrogens with zero attached hydrogens (tertiary/aromatic N) is 7. The van der Waals surface area contributed by atoms with Crippen LogP contribution < -0.4 is 10.1 Å². The highest BCUT2D eigenvalue weighted by Gasteiger charge is 2.35. The standard InChI is InChI=1S/C33H34N8O4S/c1-5-25-20-40(46(43,44)29-9-7-15-34-33(29)45-25)19-24-17-23(12-11-21(24)3)27(18-31(42)36-30-10-8-16-35-37-30)26-13-14-28-32(22(26)4)38-39-41(28)6-2/h7-18,25H,5-6,19-20H2,1-4H3,(H,36,37,42)/t25-/m1/s1. The summed E-state index contributed by atoms with van der Waals surface area (Å²) in [5.41, 5.74) is 6.35. The zero-order valence-corrected chi connectivity index (χ0v) is 26.8. The first kappa shape index (κ1) is 31.0. The molecule has 6 rings (SSSR count). The van der Waals surface area contributed by atoms with E-state index in [1.165, 1.54) is 28.8 Å². The van der Waals surface area contributed by atoms with Crippen molar-refractivity contribution in [2.24, 2.45) is 0 Å². The fraction of sp³-hybridized carbons (Fsp3) is 0.273. The maximum Gasteiger partial charge on any atom is 0.250 e. The Kier molecular flexibility index (Phi) is 8.61. The summed E-state index contributed by atoms with van der Waals surface area (Å²) in [5.74, 6) is 0.0450. The van der Waals surface area contributed by atoms with E-state index in [1.807, 2.05) is 62.7 Å². The predicted octanol–water partition coefficient (Wildman–Crippen LogP) is 4.69. The molecule has 0 unspecified atom stereocenters. The third-order valence-corrected chi connectivity index (χ3v) is 9.96. The van der Waals surface area contributed by atoms with Crippen LogP contribution in [0.25, 0.3) is 16.6 Å². The Morgan fingerprint density at radius 3 is 2.65 bits per heavy atom. The van der Waals surface area contributed by atoms with Crippen LogP contribution in [0, 0.1) is 13.8 Å². The third-order valence-electron chi connectivity index (χ3n) is 8.13. The average molecular weight is 639 g/mol. The lowest BCUT2D eigenvalue weighted by molar-refractivity contribution is -0.111. The largest absolute Gasteiger partial charge is 0.472 e. The number of fused-ring (bicyclic) bond motifs is 2. The van der Waals surface area contributed by atoms with Gasteiger partial charge in [0, 0.05) is 31.6 Å². The number of rotatable bonds is 8. The molecule has 0 saturated heterocycles. The van der Waals surface area contributed by atoms with Crippen LogP contribution in [0.1, 0.15) is 48.1 Å².